The number of amides is 2. The van der Waals surface area contributed by atoms with Gasteiger partial charge in [0.25, 0.3) is 0 Å². The van der Waals surface area contributed by atoms with E-state index in [0.29, 0.717) is 13.1 Å². The van der Waals surface area contributed by atoms with Crippen LogP contribution in [0.25, 0.3) is 0 Å². The predicted molar refractivity (Wildman–Crippen MR) is 89.2 cm³/mol. The van der Waals surface area contributed by atoms with Gasteiger partial charge in [-0.2, -0.15) is 13.2 Å². The van der Waals surface area contributed by atoms with Crippen LogP contribution >= 0.6 is 0 Å². The number of halogens is 3. The fourth-order valence-corrected chi connectivity index (χ4v) is 3.37. The second kappa shape index (κ2) is 6.46. The number of carbonyl (C=O) groups is 1. The van der Waals surface area contributed by atoms with Gasteiger partial charge in [0.15, 0.2) is 0 Å². The first-order valence-corrected chi connectivity index (χ1v) is 8.18. The average Bonchev–Trinajstić information content (AvgIpc) is 3.01. The molecule has 0 saturated heterocycles. The molecule has 1 N–H and O–H groups in total. The van der Waals surface area contributed by atoms with E-state index >= 15 is 0 Å². The molecule has 4 nitrogen and oxygen atoms in total. The number of aromatic nitrogens is 1. The number of alkyl halides is 3. The molecule has 25 heavy (non-hydrogen) atoms. The summed E-state index contributed by atoms with van der Waals surface area (Å²) in [5.41, 5.74) is -0.0613. The smallest absolute Gasteiger partial charge is 0.348 e. The maximum atomic E-state index is 13.1. The van der Waals surface area contributed by atoms with E-state index in [2.05, 4.69) is 9.88 Å². The van der Waals surface area contributed by atoms with Crippen LogP contribution in [0.5, 0.6) is 0 Å². The van der Waals surface area contributed by atoms with E-state index in [1.165, 1.54) is 18.2 Å². The van der Waals surface area contributed by atoms with Crippen LogP contribution in [-0.2, 0) is 12.7 Å². The first kappa shape index (κ1) is 17.4. The number of nitrogens with zero attached hydrogens (tertiary/aromatic N) is 2. The maximum absolute atomic E-state index is 13.1. The minimum atomic E-state index is -4.52. The van der Waals surface area contributed by atoms with E-state index < -0.39 is 17.8 Å². The summed E-state index contributed by atoms with van der Waals surface area (Å²) < 4.78 is 41.5. The number of nitrogens with one attached hydrogen (secondary N) is 1. The number of carbonyl (C=O) groups excluding carboxylic acids is 1. The van der Waals surface area contributed by atoms with Gasteiger partial charge < -0.3 is 14.8 Å². The minimum Gasteiger partial charge on any atom is -0.348 e. The van der Waals surface area contributed by atoms with Gasteiger partial charge in [-0.25, -0.2) is 4.79 Å². The normalized spacial score (nSPS) is 17.5. The van der Waals surface area contributed by atoms with Gasteiger partial charge in [0.05, 0.1) is 17.3 Å². The number of hydrogen-bond donors (Lipinski definition) is 1. The lowest BCUT2D eigenvalue weighted by molar-refractivity contribution is -0.136. The summed E-state index contributed by atoms with van der Waals surface area (Å²) in [5, 5.41) is 2.45. The standard InChI is InChI=1S/C18H20F3N3O/c1-12(2)16-15-8-5-9-23(15)10-11-24(16)17(25)22-14-7-4-3-6-13(14)18(19,20)21/h3-9,12,16H,10-11H2,1-2H3,(H,22,25)/t16-/m0/s1. The molecule has 0 radical (unpaired) electrons. The van der Waals surface area contributed by atoms with E-state index in [1.807, 2.05) is 32.2 Å². The van der Waals surface area contributed by atoms with Crippen molar-refractivity contribution in [3.8, 4) is 0 Å². The number of hydrogen-bond acceptors (Lipinski definition) is 1. The highest BCUT2D eigenvalue weighted by molar-refractivity contribution is 5.90. The zero-order chi connectivity index (χ0) is 18.2. The zero-order valence-corrected chi connectivity index (χ0v) is 14.0. The molecule has 1 atom stereocenters. The lowest BCUT2D eigenvalue weighted by atomic mass is 9.97. The van der Waals surface area contributed by atoms with E-state index in [-0.39, 0.29) is 17.6 Å². The number of para-hydroxylation sites is 1. The highest BCUT2D eigenvalue weighted by Gasteiger charge is 2.36. The number of rotatable bonds is 2. The van der Waals surface area contributed by atoms with Gasteiger partial charge >= 0.3 is 12.2 Å². The molecular formula is C18H20F3N3O. The number of fused-ring (bicyclic) bond motifs is 1. The van der Waals surface area contributed by atoms with Gasteiger partial charge in [-0.05, 0) is 30.2 Å². The molecular weight excluding hydrogens is 331 g/mol. The Hall–Kier alpha value is -2.44. The molecule has 2 aromatic rings. The molecule has 3 rings (SSSR count). The monoisotopic (exact) mass is 351 g/mol. The number of anilines is 1. The van der Waals surface area contributed by atoms with Crippen LogP contribution in [0.15, 0.2) is 42.6 Å². The van der Waals surface area contributed by atoms with Crippen molar-refractivity contribution >= 4 is 11.7 Å². The minimum absolute atomic E-state index is 0.137. The van der Waals surface area contributed by atoms with Crippen molar-refractivity contribution in [2.75, 3.05) is 11.9 Å². The van der Waals surface area contributed by atoms with Crippen molar-refractivity contribution < 1.29 is 18.0 Å². The summed E-state index contributed by atoms with van der Waals surface area (Å²) in [4.78, 5) is 14.3. The summed E-state index contributed by atoms with van der Waals surface area (Å²) >= 11 is 0. The van der Waals surface area contributed by atoms with Crippen LogP contribution in [0.2, 0.25) is 0 Å². The molecule has 0 saturated carbocycles. The molecule has 0 aliphatic carbocycles. The van der Waals surface area contributed by atoms with Crippen molar-refractivity contribution in [2.24, 2.45) is 5.92 Å². The van der Waals surface area contributed by atoms with Crippen LogP contribution in [0.3, 0.4) is 0 Å². The Morgan fingerprint density at radius 2 is 1.88 bits per heavy atom. The van der Waals surface area contributed by atoms with Gasteiger partial charge in [0.2, 0.25) is 0 Å². The van der Waals surface area contributed by atoms with Gasteiger partial charge in [0.1, 0.15) is 0 Å². The third-order valence-electron chi connectivity index (χ3n) is 4.45. The summed E-state index contributed by atoms with van der Waals surface area (Å²) in [6.45, 7) is 5.07. The molecule has 1 aliphatic heterocycles. The Labute approximate surface area is 144 Å². The van der Waals surface area contributed by atoms with Crippen LogP contribution in [0.1, 0.15) is 31.1 Å². The molecule has 0 bridgehead atoms. The topological polar surface area (TPSA) is 37.3 Å². The van der Waals surface area contributed by atoms with Crippen LogP contribution < -0.4 is 5.32 Å². The highest BCUT2D eigenvalue weighted by Crippen LogP contribution is 2.36. The Morgan fingerprint density at radius 3 is 2.56 bits per heavy atom. The number of benzene rings is 1. The van der Waals surface area contributed by atoms with Crippen LogP contribution in [0.4, 0.5) is 23.7 Å². The van der Waals surface area contributed by atoms with Crippen LogP contribution in [0, 0.1) is 5.92 Å². The highest BCUT2D eigenvalue weighted by atomic mass is 19.4. The Balaban J connectivity index is 1.87. The van der Waals surface area contributed by atoms with Gasteiger partial charge in [-0.1, -0.05) is 26.0 Å². The third kappa shape index (κ3) is 3.36. The van der Waals surface area contributed by atoms with Crippen molar-refractivity contribution in [1.82, 2.24) is 9.47 Å². The lowest BCUT2D eigenvalue weighted by Crippen LogP contribution is -2.46. The van der Waals surface area contributed by atoms with Crippen molar-refractivity contribution in [1.29, 1.82) is 0 Å². The summed E-state index contributed by atoms with van der Waals surface area (Å²) in [6.07, 6.45) is -2.56. The Morgan fingerprint density at radius 1 is 1.16 bits per heavy atom. The van der Waals surface area contributed by atoms with Crippen molar-refractivity contribution in [3.63, 3.8) is 0 Å². The average molecular weight is 351 g/mol. The summed E-state index contributed by atoms with van der Waals surface area (Å²) in [6, 6.07) is 8.22. The fraction of sp³-hybridized carbons (Fsp3) is 0.389. The van der Waals surface area contributed by atoms with E-state index in [1.54, 1.807) is 4.90 Å². The molecule has 2 heterocycles. The van der Waals surface area contributed by atoms with E-state index in [4.69, 9.17) is 0 Å². The first-order valence-electron chi connectivity index (χ1n) is 8.18. The Kier molecular flexibility index (Phi) is 4.49. The molecule has 134 valence electrons. The summed E-state index contributed by atoms with van der Waals surface area (Å²) in [7, 11) is 0. The molecule has 1 aromatic carbocycles. The first-order chi connectivity index (χ1) is 11.8. The molecule has 7 heteroatoms. The third-order valence-corrected chi connectivity index (χ3v) is 4.45. The second-order valence-electron chi connectivity index (χ2n) is 6.48. The number of urea groups is 1. The van der Waals surface area contributed by atoms with Crippen molar-refractivity contribution in [3.05, 3.63) is 53.9 Å². The summed E-state index contributed by atoms with van der Waals surface area (Å²) in [5.74, 6) is 0.137. The SMILES string of the molecule is CC(C)[C@H]1c2cccn2CCN1C(=O)Nc1ccccc1C(F)(F)F. The molecule has 2 amide bonds. The predicted octanol–water partition coefficient (Wildman–Crippen LogP) is 4.75. The molecule has 1 aliphatic rings. The fourth-order valence-electron chi connectivity index (χ4n) is 3.37. The largest absolute Gasteiger partial charge is 0.418 e. The molecule has 1 aromatic heterocycles. The zero-order valence-electron chi connectivity index (χ0n) is 14.0. The maximum Gasteiger partial charge on any atom is 0.418 e. The molecule has 0 unspecified atom stereocenters. The van der Waals surface area contributed by atoms with E-state index in [0.717, 1.165) is 11.8 Å². The van der Waals surface area contributed by atoms with Gasteiger partial charge in [-0.15, -0.1) is 0 Å². The molecule has 0 spiro atoms. The lowest BCUT2D eigenvalue weighted by Gasteiger charge is -2.39. The quantitative estimate of drug-likeness (QED) is 0.833. The van der Waals surface area contributed by atoms with Gasteiger partial charge in [0, 0.05) is 25.0 Å². The van der Waals surface area contributed by atoms with Gasteiger partial charge in [-0.3, -0.25) is 0 Å². The molecule has 0 fully saturated rings. The van der Waals surface area contributed by atoms with Crippen molar-refractivity contribution in [2.45, 2.75) is 32.6 Å². The van der Waals surface area contributed by atoms with E-state index in [9.17, 15) is 18.0 Å². The Bertz CT molecular complexity index is 767. The second-order valence-corrected chi connectivity index (χ2v) is 6.48. The van der Waals surface area contributed by atoms with Crippen LogP contribution in [-0.4, -0.2) is 22.0 Å².